The fourth-order valence-electron chi connectivity index (χ4n) is 1.71. The molecule has 0 aromatic carbocycles. The number of carbonyl (C=O) groups excluding carboxylic acids is 1. The number of carbonyl (C=O) groups is 1. The molecule has 6 heteroatoms. The number of hydrogen-bond acceptors (Lipinski definition) is 6. The van der Waals surface area contributed by atoms with E-state index >= 15 is 0 Å². The summed E-state index contributed by atoms with van der Waals surface area (Å²) in [5.41, 5.74) is -0.568. The SMILES string of the molecule is CCOC(=O)Cc1cc(-c2cccs2)oc(=O)c1C#N. The van der Waals surface area contributed by atoms with E-state index in [9.17, 15) is 9.59 Å². The van der Waals surface area contributed by atoms with Crippen molar-refractivity contribution in [1.82, 2.24) is 0 Å². The molecule has 20 heavy (non-hydrogen) atoms. The number of hydrogen-bond donors (Lipinski definition) is 0. The number of nitrogens with zero attached hydrogens (tertiary/aromatic N) is 1. The van der Waals surface area contributed by atoms with Gasteiger partial charge in [-0.15, -0.1) is 11.3 Å². The monoisotopic (exact) mass is 289 g/mol. The van der Waals surface area contributed by atoms with Crippen molar-refractivity contribution in [2.24, 2.45) is 0 Å². The molecule has 0 aliphatic rings. The third-order valence-corrected chi connectivity index (χ3v) is 3.43. The van der Waals surface area contributed by atoms with Gasteiger partial charge in [0.25, 0.3) is 0 Å². The van der Waals surface area contributed by atoms with Crippen LogP contribution in [0.25, 0.3) is 10.6 Å². The fraction of sp³-hybridized carbons (Fsp3) is 0.214. The van der Waals surface area contributed by atoms with Crippen LogP contribution in [0.2, 0.25) is 0 Å². The third-order valence-electron chi connectivity index (χ3n) is 2.55. The lowest BCUT2D eigenvalue weighted by Gasteiger charge is -2.05. The van der Waals surface area contributed by atoms with Gasteiger partial charge in [-0.25, -0.2) is 4.79 Å². The molecule has 2 heterocycles. The van der Waals surface area contributed by atoms with E-state index in [2.05, 4.69) is 0 Å². The van der Waals surface area contributed by atoms with Crippen LogP contribution in [0.1, 0.15) is 18.1 Å². The minimum absolute atomic E-state index is 0.124. The molecule has 0 bridgehead atoms. The Labute approximate surface area is 119 Å². The molecule has 0 N–H and O–H groups in total. The van der Waals surface area contributed by atoms with E-state index < -0.39 is 11.6 Å². The largest absolute Gasteiger partial charge is 0.466 e. The highest BCUT2D eigenvalue weighted by Gasteiger charge is 2.16. The maximum atomic E-state index is 11.8. The Kier molecular flexibility index (Phi) is 4.33. The van der Waals surface area contributed by atoms with Crippen LogP contribution in [0.4, 0.5) is 0 Å². The molecule has 0 spiro atoms. The topological polar surface area (TPSA) is 80.3 Å². The van der Waals surface area contributed by atoms with Gasteiger partial charge in [0.05, 0.1) is 17.9 Å². The molecule has 102 valence electrons. The van der Waals surface area contributed by atoms with Crippen LogP contribution in [0, 0.1) is 11.3 Å². The minimum atomic E-state index is -0.738. The maximum Gasteiger partial charge on any atom is 0.354 e. The lowest BCUT2D eigenvalue weighted by atomic mass is 10.1. The van der Waals surface area contributed by atoms with Gasteiger partial charge in [0, 0.05) is 0 Å². The first kappa shape index (κ1) is 14.0. The molecule has 0 fully saturated rings. The molecule has 2 rings (SSSR count). The third kappa shape index (κ3) is 2.95. The Balaban J connectivity index is 2.46. The van der Waals surface area contributed by atoms with Gasteiger partial charge in [0.15, 0.2) is 0 Å². The molecule has 0 radical (unpaired) electrons. The zero-order valence-corrected chi connectivity index (χ0v) is 11.5. The predicted octanol–water partition coefficient (Wildman–Crippen LogP) is 2.35. The summed E-state index contributed by atoms with van der Waals surface area (Å²) < 4.78 is 9.94. The molecule has 0 aliphatic carbocycles. The van der Waals surface area contributed by atoms with Crippen molar-refractivity contribution in [3.05, 3.63) is 45.1 Å². The molecule has 2 aromatic rings. The van der Waals surface area contributed by atoms with Crippen molar-refractivity contribution in [2.45, 2.75) is 13.3 Å². The van der Waals surface area contributed by atoms with E-state index in [4.69, 9.17) is 14.4 Å². The molecular weight excluding hydrogens is 278 g/mol. The Morgan fingerprint density at radius 3 is 2.95 bits per heavy atom. The van der Waals surface area contributed by atoms with E-state index in [1.165, 1.54) is 11.3 Å². The summed E-state index contributed by atoms with van der Waals surface area (Å²) in [6.45, 7) is 1.94. The summed E-state index contributed by atoms with van der Waals surface area (Å²) in [6, 6.07) is 6.93. The van der Waals surface area contributed by atoms with Crippen LogP contribution in [-0.2, 0) is 16.0 Å². The van der Waals surface area contributed by atoms with Crippen molar-refractivity contribution in [1.29, 1.82) is 5.26 Å². The molecule has 0 saturated heterocycles. The van der Waals surface area contributed by atoms with Gasteiger partial charge < -0.3 is 9.15 Å². The zero-order valence-electron chi connectivity index (χ0n) is 10.7. The second-order valence-electron chi connectivity index (χ2n) is 3.87. The lowest BCUT2D eigenvalue weighted by molar-refractivity contribution is -0.142. The van der Waals surface area contributed by atoms with Crippen molar-refractivity contribution >= 4 is 17.3 Å². The van der Waals surface area contributed by atoms with Crippen molar-refractivity contribution in [3.63, 3.8) is 0 Å². The molecular formula is C14H11NO4S. The quantitative estimate of drug-likeness (QED) is 0.807. The van der Waals surface area contributed by atoms with Crippen LogP contribution in [-0.4, -0.2) is 12.6 Å². The number of rotatable bonds is 4. The zero-order chi connectivity index (χ0) is 14.5. The van der Waals surface area contributed by atoms with Gasteiger partial charge in [0.1, 0.15) is 17.4 Å². The van der Waals surface area contributed by atoms with Crippen molar-refractivity contribution in [3.8, 4) is 16.7 Å². The van der Waals surface area contributed by atoms with Crippen molar-refractivity contribution in [2.75, 3.05) is 6.61 Å². The Morgan fingerprint density at radius 1 is 1.55 bits per heavy atom. The van der Waals surface area contributed by atoms with E-state index in [1.807, 2.05) is 11.4 Å². The van der Waals surface area contributed by atoms with E-state index in [1.54, 1.807) is 25.1 Å². The van der Waals surface area contributed by atoms with Crippen molar-refractivity contribution < 1.29 is 13.9 Å². The summed E-state index contributed by atoms with van der Waals surface area (Å²) in [7, 11) is 0. The Bertz CT molecular complexity index is 710. The van der Waals surface area contributed by atoms with E-state index in [0.29, 0.717) is 11.3 Å². The molecule has 5 nitrogen and oxygen atoms in total. The number of ether oxygens (including phenoxy) is 1. The molecule has 0 saturated carbocycles. The summed E-state index contributed by atoms with van der Waals surface area (Å²) >= 11 is 1.40. The molecule has 0 atom stereocenters. The van der Waals surface area contributed by atoms with Crippen LogP contribution >= 0.6 is 11.3 Å². The average Bonchev–Trinajstić information content (AvgIpc) is 2.92. The molecule has 0 amide bonds. The second-order valence-corrected chi connectivity index (χ2v) is 4.82. The fourth-order valence-corrected chi connectivity index (χ4v) is 2.38. The summed E-state index contributed by atoms with van der Waals surface area (Å²) in [5, 5.41) is 10.8. The summed E-state index contributed by atoms with van der Waals surface area (Å²) in [6.07, 6.45) is -0.124. The normalized spacial score (nSPS) is 10.0. The highest BCUT2D eigenvalue weighted by atomic mass is 32.1. The van der Waals surface area contributed by atoms with Gasteiger partial charge in [-0.3, -0.25) is 4.79 Å². The highest BCUT2D eigenvalue weighted by molar-refractivity contribution is 7.13. The van der Waals surface area contributed by atoms with Crippen LogP contribution in [0.3, 0.4) is 0 Å². The van der Waals surface area contributed by atoms with Gasteiger partial charge in [-0.05, 0) is 30.0 Å². The lowest BCUT2D eigenvalue weighted by Crippen LogP contribution is -2.14. The predicted molar refractivity (Wildman–Crippen MR) is 73.3 cm³/mol. The number of esters is 1. The van der Waals surface area contributed by atoms with Crippen LogP contribution in [0.15, 0.2) is 32.8 Å². The number of nitriles is 1. The first-order valence-electron chi connectivity index (χ1n) is 5.92. The molecule has 2 aromatic heterocycles. The van der Waals surface area contributed by atoms with E-state index in [0.717, 1.165) is 4.88 Å². The summed E-state index contributed by atoms with van der Waals surface area (Å²) in [4.78, 5) is 24.1. The van der Waals surface area contributed by atoms with E-state index in [-0.39, 0.29) is 18.6 Å². The van der Waals surface area contributed by atoms with Gasteiger partial charge in [-0.1, -0.05) is 6.07 Å². The van der Waals surface area contributed by atoms with Gasteiger partial charge >= 0.3 is 11.6 Å². The second kappa shape index (κ2) is 6.17. The summed E-state index contributed by atoms with van der Waals surface area (Å²) in [5.74, 6) is -0.130. The molecule has 0 aliphatic heterocycles. The number of thiophene rings is 1. The smallest absolute Gasteiger partial charge is 0.354 e. The first-order chi connectivity index (χ1) is 9.65. The Morgan fingerprint density at radius 2 is 2.35 bits per heavy atom. The maximum absolute atomic E-state index is 11.8. The average molecular weight is 289 g/mol. The minimum Gasteiger partial charge on any atom is -0.466 e. The van der Waals surface area contributed by atoms with Gasteiger partial charge in [0.2, 0.25) is 0 Å². The molecule has 0 unspecified atom stereocenters. The van der Waals surface area contributed by atoms with Crippen LogP contribution in [0.5, 0.6) is 0 Å². The standard InChI is InChI=1S/C14H11NO4S/c1-2-18-13(16)7-9-6-11(12-4-3-5-20-12)19-14(17)10(9)8-15/h3-6H,2,7H2,1H3. The van der Waals surface area contributed by atoms with Crippen LogP contribution < -0.4 is 5.63 Å². The Hall–Kier alpha value is -2.39. The van der Waals surface area contributed by atoms with Gasteiger partial charge in [-0.2, -0.15) is 5.26 Å². The highest BCUT2D eigenvalue weighted by Crippen LogP contribution is 2.25. The first-order valence-corrected chi connectivity index (χ1v) is 6.80.